The number of hydrogen-bond acceptors (Lipinski definition) is 6. The van der Waals surface area contributed by atoms with Crippen molar-refractivity contribution in [3.63, 3.8) is 0 Å². The van der Waals surface area contributed by atoms with Gasteiger partial charge in [0.15, 0.2) is 6.10 Å². The molecule has 0 aromatic rings. The molecule has 80 heavy (non-hydrogen) atoms. The van der Waals surface area contributed by atoms with E-state index < -0.39 is 6.10 Å². The van der Waals surface area contributed by atoms with Crippen molar-refractivity contribution in [3.8, 4) is 0 Å². The maximum absolute atomic E-state index is 12.9. The molecule has 0 N–H and O–H groups in total. The Kier molecular flexibility index (Phi) is 65.2. The summed E-state index contributed by atoms with van der Waals surface area (Å²) in [5, 5.41) is 0. The summed E-state index contributed by atoms with van der Waals surface area (Å²) in [6.45, 7) is 6.46. The average Bonchev–Trinajstić information content (AvgIpc) is 3.46. The van der Waals surface area contributed by atoms with Gasteiger partial charge in [0, 0.05) is 19.3 Å². The minimum absolute atomic E-state index is 0.0945. The summed E-state index contributed by atoms with van der Waals surface area (Å²) < 4.78 is 16.9. The summed E-state index contributed by atoms with van der Waals surface area (Å²) in [6.07, 6.45) is 90.7. The predicted molar refractivity (Wildman–Crippen MR) is 348 cm³/mol. The first-order valence-electron chi connectivity index (χ1n) is 34.6. The number of unbranched alkanes of at least 4 members (excludes halogenated alkanes) is 38. The van der Waals surface area contributed by atoms with Crippen LogP contribution in [0.2, 0.25) is 0 Å². The second-order valence-electron chi connectivity index (χ2n) is 23.1. The summed E-state index contributed by atoms with van der Waals surface area (Å²) in [5.74, 6) is -0.937. The first-order valence-corrected chi connectivity index (χ1v) is 34.6. The van der Waals surface area contributed by atoms with Gasteiger partial charge >= 0.3 is 17.9 Å². The largest absolute Gasteiger partial charge is 0.462 e. The zero-order valence-corrected chi connectivity index (χ0v) is 53.1. The number of allylic oxidation sites excluding steroid dienone is 14. The Morgan fingerprint density at radius 2 is 0.512 bits per heavy atom. The van der Waals surface area contributed by atoms with E-state index in [0.29, 0.717) is 19.3 Å². The smallest absolute Gasteiger partial charge is 0.306 e. The van der Waals surface area contributed by atoms with Gasteiger partial charge in [0.05, 0.1) is 0 Å². The van der Waals surface area contributed by atoms with E-state index in [1.807, 2.05) is 0 Å². The summed E-state index contributed by atoms with van der Waals surface area (Å²) in [4.78, 5) is 38.2. The molecule has 0 aliphatic rings. The highest BCUT2D eigenvalue weighted by Crippen LogP contribution is 2.18. The van der Waals surface area contributed by atoms with Crippen LogP contribution in [0.5, 0.6) is 0 Å². The molecular weight excluding hydrogens is 985 g/mol. The van der Waals surface area contributed by atoms with Crippen LogP contribution in [0, 0.1) is 0 Å². The number of esters is 3. The monoisotopic (exact) mass is 1110 g/mol. The number of hydrogen-bond donors (Lipinski definition) is 0. The van der Waals surface area contributed by atoms with E-state index in [1.165, 1.54) is 193 Å². The standard InChI is InChI=1S/C74H130O6/c1-4-7-10-13-16-19-22-24-26-28-30-32-33-34-35-36-37-38-39-40-41-43-44-46-48-50-52-55-58-61-64-67-73(76)79-70-71(69-78-72(75)66-63-60-57-54-21-18-15-12-9-6-3)80-74(77)68-65-62-59-56-53-51-49-47-45-42-31-29-27-25-23-20-17-14-11-8-5-2/h8,11-12,15,17,20,25,27,31,42,47,49,53,56,71H,4-7,9-10,13-14,16,18-19,21-24,26,28-30,32-41,43-46,48,50-52,54-55,57-70H2,1-3H3/b11-8-,15-12-,20-17-,27-25-,42-31-,49-47-,56-53-. The lowest BCUT2D eigenvalue weighted by molar-refractivity contribution is -0.167. The summed E-state index contributed by atoms with van der Waals surface area (Å²) in [5.41, 5.74) is 0. The molecule has 1 unspecified atom stereocenters. The number of carbonyl (C=O) groups is 3. The lowest BCUT2D eigenvalue weighted by Crippen LogP contribution is -2.30. The molecule has 0 rings (SSSR count). The first-order chi connectivity index (χ1) is 39.5. The molecule has 0 saturated carbocycles. The van der Waals surface area contributed by atoms with Crippen molar-refractivity contribution < 1.29 is 28.6 Å². The van der Waals surface area contributed by atoms with E-state index in [1.54, 1.807) is 0 Å². The molecule has 0 bridgehead atoms. The fourth-order valence-electron chi connectivity index (χ4n) is 9.98. The van der Waals surface area contributed by atoms with Gasteiger partial charge in [-0.25, -0.2) is 0 Å². The molecule has 6 nitrogen and oxygen atoms in total. The van der Waals surface area contributed by atoms with Crippen LogP contribution in [0.15, 0.2) is 85.1 Å². The molecule has 0 amide bonds. The van der Waals surface area contributed by atoms with Crippen molar-refractivity contribution in [2.45, 2.75) is 354 Å². The van der Waals surface area contributed by atoms with Crippen molar-refractivity contribution in [3.05, 3.63) is 85.1 Å². The van der Waals surface area contributed by atoms with Gasteiger partial charge in [0.25, 0.3) is 0 Å². The second kappa shape index (κ2) is 68.1. The fraction of sp³-hybridized carbons (Fsp3) is 0.770. The molecule has 462 valence electrons. The van der Waals surface area contributed by atoms with E-state index >= 15 is 0 Å². The Morgan fingerprint density at radius 3 is 0.850 bits per heavy atom. The van der Waals surface area contributed by atoms with E-state index in [9.17, 15) is 14.4 Å². The normalized spacial score (nSPS) is 12.6. The van der Waals surface area contributed by atoms with E-state index in [-0.39, 0.29) is 37.5 Å². The highest BCUT2D eigenvalue weighted by Gasteiger charge is 2.19. The third-order valence-corrected chi connectivity index (χ3v) is 15.1. The van der Waals surface area contributed by atoms with E-state index in [4.69, 9.17) is 14.2 Å². The summed E-state index contributed by atoms with van der Waals surface area (Å²) >= 11 is 0. The average molecular weight is 1120 g/mol. The van der Waals surface area contributed by atoms with Gasteiger partial charge in [0.1, 0.15) is 13.2 Å². The third kappa shape index (κ3) is 65.4. The highest BCUT2D eigenvalue weighted by molar-refractivity contribution is 5.71. The third-order valence-electron chi connectivity index (χ3n) is 15.1. The van der Waals surface area contributed by atoms with Gasteiger partial charge in [-0.1, -0.05) is 324 Å². The topological polar surface area (TPSA) is 78.9 Å². The zero-order chi connectivity index (χ0) is 57.8. The molecule has 1 atom stereocenters. The molecule has 0 aromatic carbocycles. The Hall–Kier alpha value is -3.41. The molecule has 0 aliphatic heterocycles. The first kappa shape index (κ1) is 76.6. The zero-order valence-electron chi connectivity index (χ0n) is 53.1. The molecule has 0 heterocycles. The van der Waals surface area contributed by atoms with Crippen molar-refractivity contribution in [1.29, 1.82) is 0 Å². The minimum atomic E-state index is -0.803. The SMILES string of the molecule is CC/C=C\C/C=C\C/C=C\C/C=C\C/C=C\C/C=C\CCCCC(=O)OC(COC(=O)CCCCCCC/C=C\CCC)COC(=O)CCCCCCCCCCCCCCCCCCCCCCCCCCCCCCCCC. The van der Waals surface area contributed by atoms with Crippen molar-refractivity contribution in [2.24, 2.45) is 0 Å². The van der Waals surface area contributed by atoms with Crippen molar-refractivity contribution in [2.75, 3.05) is 13.2 Å². The van der Waals surface area contributed by atoms with E-state index in [0.717, 1.165) is 109 Å². The molecule has 0 fully saturated rings. The molecule has 0 spiro atoms. The Labute approximate surface area is 496 Å². The van der Waals surface area contributed by atoms with Gasteiger partial charge in [0.2, 0.25) is 0 Å². The van der Waals surface area contributed by atoms with Crippen LogP contribution in [-0.4, -0.2) is 37.2 Å². The van der Waals surface area contributed by atoms with Crippen LogP contribution < -0.4 is 0 Å². The number of carbonyl (C=O) groups excluding carboxylic acids is 3. The van der Waals surface area contributed by atoms with Crippen LogP contribution in [0.1, 0.15) is 348 Å². The Morgan fingerprint density at radius 1 is 0.263 bits per heavy atom. The second-order valence-corrected chi connectivity index (χ2v) is 23.1. The van der Waals surface area contributed by atoms with Gasteiger partial charge in [-0.15, -0.1) is 0 Å². The van der Waals surface area contributed by atoms with Crippen LogP contribution in [0.4, 0.5) is 0 Å². The molecular formula is C74H130O6. The van der Waals surface area contributed by atoms with Crippen molar-refractivity contribution >= 4 is 17.9 Å². The highest BCUT2D eigenvalue weighted by atomic mass is 16.6. The molecule has 0 radical (unpaired) electrons. The quantitative estimate of drug-likeness (QED) is 0.0261. The fourth-order valence-corrected chi connectivity index (χ4v) is 9.98. The number of rotatable bonds is 63. The maximum Gasteiger partial charge on any atom is 0.306 e. The Balaban J connectivity index is 4.17. The van der Waals surface area contributed by atoms with Gasteiger partial charge < -0.3 is 14.2 Å². The van der Waals surface area contributed by atoms with Gasteiger partial charge in [-0.05, 0) is 89.9 Å². The van der Waals surface area contributed by atoms with Crippen molar-refractivity contribution in [1.82, 2.24) is 0 Å². The lowest BCUT2D eigenvalue weighted by Gasteiger charge is -2.18. The van der Waals surface area contributed by atoms with Gasteiger partial charge in [-0.3, -0.25) is 14.4 Å². The van der Waals surface area contributed by atoms with Crippen LogP contribution >= 0.6 is 0 Å². The van der Waals surface area contributed by atoms with Crippen LogP contribution in [0.3, 0.4) is 0 Å². The molecule has 0 aliphatic carbocycles. The molecule has 0 aromatic heterocycles. The summed E-state index contributed by atoms with van der Waals surface area (Å²) in [7, 11) is 0. The molecule has 6 heteroatoms. The van der Waals surface area contributed by atoms with Crippen LogP contribution in [-0.2, 0) is 28.6 Å². The number of ether oxygens (including phenoxy) is 3. The van der Waals surface area contributed by atoms with Crippen LogP contribution in [0.25, 0.3) is 0 Å². The summed E-state index contributed by atoms with van der Waals surface area (Å²) in [6, 6.07) is 0. The predicted octanol–water partition coefficient (Wildman–Crippen LogP) is 23.8. The van der Waals surface area contributed by atoms with Gasteiger partial charge in [-0.2, -0.15) is 0 Å². The molecule has 0 saturated heterocycles. The maximum atomic E-state index is 12.9. The minimum Gasteiger partial charge on any atom is -0.462 e. The lowest BCUT2D eigenvalue weighted by atomic mass is 10.0. The van der Waals surface area contributed by atoms with E-state index in [2.05, 4.69) is 106 Å². The Bertz CT molecular complexity index is 1520.